The summed E-state index contributed by atoms with van der Waals surface area (Å²) in [7, 11) is 0. The van der Waals surface area contributed by atoms with Crippen molar-refractivity contribution in [2.45, 2.75) is 12.8 Å². The van der Waals surface area contributed by atoms with Crippen molar-refractivity contribution in [3.63, 3.8) is 0 Å². The molecule has 2 rings (SSSR count). The van der Waals surface area contributed by atoms with E-state index in [1.54, 1.807) is 11.5 Å². The van der Waals surface area contributed by atoms with Gasteiger partial charge >= 0.3 is 0 Å². The molecule has 1 unspecified atom stereocenters. The number of fused-ring (bicyclic) bond motifs is 1. The van der Waals surface area contributed by atoms with E-state index >= 15 is 0 Å². The first-order valence-electron chi connectivity index (χ1n) is 4.47. The normalized spacial score (nSPS) is 13.4. The highest BCUT2D eigenvalue weighted by molar-refractivity contribution is 9.10. The largest absolute Gasteiger partial charge is 0.330 e. The molecule has 1 aromatic carbocycles. The molecule has 0 saturated carbocycles. The van der Waals surface area contributed by atoms with Crippen LogP contribution in [0.3, 0.4) is 0 Å². The van der Waals surface area contributed by atoms with Crippen LogP contribution < -0.4 is 5.73 Å². The lowest BCUT2D eigenvalue weighted by atomic mass is 10.1. The fourth-order valence-corrected chi connectivity index (χ4v) is 2.65. The SMILES string of the molecule is CC(CN)c1snc2ccc(Br)cc12. The molecule has 0 radical (unpaired) electrons. The molecule has 0 fully saturated rings. The van der Waals surface area contributed by atoms with E-state index in [2.05, 4.69) is 33.3 Å². The average molecular weight is 271 g/mol. The van der Waals surface area contributed by atoms with Gasteiger partial charge in [-0.05, 0) is 36.3 Å². The first-order valence-corrected chi connectivity index (χ1v) is 6.04. The minimum atomic E-state index is 0.388. The number of hydrogen-bond donors (Lipinski definition) is 1. The zero-order chi connectivity index (χ0) is 10.1. The van der Waals surface area contributed by atoms with E-state index in [-0.39, 0.29) is 0 Å². The Bertz CT molecular complexity index is 452. The van der Waals surface area contributed by atoms with E-state index < -0.39 is 0 Å². The summed E-state index contributed by atoms with van der Waals surface area (Å²) in [6.07, 6.45) is 0. The summed E-state index contributed by atoms with van der Waals surface area (Å²) in [4.78, 5) is 1.28. The zero-order valence-electron chi connectivity index (χ0n) is 7.83. The standard InChI is InChI=1S/C10H11BrN2S/c1-6(5-12)10-8-4-7(11)2-3-9(8)13-14-10/h2-4,6H,5,12H2,1H3. The van der Waals surface area contributed by atoms with Crippen LogP contribution in [0.15, 0.2) is 22.7 Å². The predicted molar refractivity (Wildman–Crippen MR) is 64.8 cm³/mol. The van der Waals surface area contributed by atoms with Gasteiger partial charge in [-0.15, -0.1) is 0 Å². The number of rotatable bonds is 2. The second-order valence-electron chi connectivity index (χ2n) is 3.35. The molecular formula is C10H11BrN2S. The third kappa shape index (κ3) is 1.69. The number of benzene rings is 1. The van der Waals surface area contributed by atoms with Crippen LogP contribution in [0.2, 0.25) is 0 Å². The van der Waals surface area contributed by atoms with Crippen molar-refractivity contribution in [3.8, 4) is 0 Å². The first-order chi connectivity index (χ1) is 6.72. The third-order valence-electron chi connectivity index (χ3n) is 2.27. The molecule has 74 valence electrons. The molecule has 2 N–H and O–H groups in total. The monoisotopic (exact) mass is 270 g/mol. The smallest absolute Gasteiger partial charge is 0.0844 e. The number of halogens is 1. The van der Waals surface area contributed by atoms with Gasteiger partial charge < -0.3 is 5.73 Å². The minimum absolute atomic E-state index is 0.388. The summed E-state index contributed by atoms with van der Waals surface area (Å²) >= 11 is 5.02. The quantitative estimate of drug-likeness (QED) is 0.911. The minimum Gasteiger partial charge on any atom is -0.330 e. The van der Waals surface area contributed by atoms with Crippen LogP contribution >= 0.6 is 27.5 Å². The molecule has 0 amide bonds. The molecule has 0 bridgehead atoms. The Morgan fingerprint density at radius 2 is 2.36 bits per heavy atom. The fraction of sp³-hybridized carbons (Fsp3) is 0.300. The third-order valence-corrected chi connectivity index (χ3v) is 3.87. The Hall–Kier alpha value is -0.450. The summed E-state index contributed by atoms with van der Waals surface area (Å²) in [5.41, 5.74) is 6.72. The van der Waals surface area contributed by atoms with Crippen molar-refractivity contribution in [2.75, 3.05) is 6.54 Å². The number of aromatic nitrogens is 1. The lowest BCUT2D eigenvalue weighted by molar-refractivity contribution is 0.795. The van der Waals surface area contributed by atoms with Crippen molar-refractivity contribution >= 4 is 38.4 Å². The molecule has 2 nitrogen and oxygen atoms in total. The molecule has 2 aromatic rings. The van der Waals surface area contributed by atoms with Gasteiger partial charge in [0.1, 0.15) is 0 Å². The topological polar surface area (TPSA) is 38.9 Å². The maximum Gasteiger partial charge on any atom is 0.0844 e. The van der Waals surface area contributed by atoms with Crippen molar-refractivity contribution in [1.29, 1.82) is 0 Å². The van der Waals surface area contributed by atoms with Gasteiger partial charge in [0.15, 0.2) is 0 Å². The van der Waals surface area contributed by atoms with E-state index in [9.17, 15) is 0 Å². The molecule has 0 aliphatic carbocycles. The zero-order valence-corrected chi connectivity index (χ0v) is 10.2. The van der Waals surface area contributed by atoms with Crippen LogP contribution in [0, 0.1) is 0 Å². The van der Waals surface area contributed by atoms with Gasteiger partial charge in [-0.3, -0.25) is 0 Å². The molecule has 1 heterocycles. The van der Waals surface area contributed by atoms with Crippen molar-refractivity contribution in [1.82, 2.24) is 4.37 Å². The molecule has 4 heteroatoms. The summed E-state index contributed by atoms with van der Waals surface area (Å²) in [6, 6.07) is 6.15. The second kappa shape index (κ2) is 3.96. The van der Waals surface area contributed by atoms with Crippen LogP contribution in [0.1, 0.15) is 17.7 Å². The lowest BCUT2D eigenvalue weighted by Crippen LogP contribution is -2.07. The molecular weight excluding hydrogens is 260 g/mol. The van der Waals surface area contributed by atoms with Crippen LogP contribution in [0.4, 0.5) is 0 Å². The number of hydrogen-bond acceptors (Lipinski definition) is 3. The van der Waals surface area contributed by atoms with Crippen molar-refractivity contribution < 1.29 is 0 Å². The highest BCUT2D eigenvalue weighted by atomic mass is 79.9. The maximum atomic E-state index is 5.66. The Morgan fingerprint density at radius 3 is 3.07 bits per heavy atom. The van der Waals surface area contributed by atoms with Gasteiger partial charge in [-0.2, -0.15) is 4.37 Å². The van der Waals surface area contributed by atoms with Crippen LogP contribution in [-0.2, 0) is 0 Å². The molecule has 0 spiro atoms. The van der Waals surface area contributed by atoms with E-state index in [0.717, 1.165) is 9.99 Å². The van der Waals surface area contributed by atoms with Crippen LogP contribution in [-0.4, -0.2) is 10.9 Å². The van der Waals surface area contributed by atoms with E-state index in [0.29, 0.717) is 12.5 Å². The predicted octanol–water partition coefficient (Wildman–Crippen LogP) is 3.12. The highest BCUT2D eigenvalue weighted by Gasteiger charge is 2.11. The van der Waals surface area contributed by atoms with E-state index in [1.165, 1.54) is 10.3 Å². The highest BCUT2D eigenvalue weighted by Crippen LogP contribution is 2.30. The maximum absolute atomic E-state index is 5.66. The molecule has 0 saturated heterocycles. The number of nitrogens with two attached hydrogens (primary N) is 1. The Balaban J connectivity index is 2.61. The lowest BCUT2D eigenvalue weighted by Gasteiger charge is -2.04. The van der Waals surface area contributed by atoms with Gasteiger partial charge in [-0.1, -0.05) is 22.9 Å². The van der Waals surface area contributed by atoms with E-state index in [1.807, 2.05) is 12.1 Å². The average Bonchev–Trinajstić information content (AvgIpc) is 2.59. The van der Waals surface area contributed by atoms with Crippen molar-refractivity contribution in [2.24, 2.45) is 5.73 Å². The molecule has 1 aromatic heterocycles. The molecule has 1 atom stereocenters. The fourth-order valence-electron chi connectivity index (χ4n) is 1.40. The summed E-state index contributed by atoms with van der Waals surface area (Å²) in [6.45, 7) is 2.80. The van der Waals surface area contributed by atoms with Crippen LogP contribution in [0.5, 0.6) is 0 Å². The summed E-state index contributed by atoms with van der Waals surface area (Å²) < 4.78 is 5.49. The van der Waals surface area contributed by atoms with Crippen LogP contribution in [0.25, 0.3) is 10.9 Å². The van der Waals surface area contributed by atoms with E-state index in [4.69, 9.17) is 5.73 Å². The Labute approximate surface area is 95.4 Å². The van der Waals surface area contributed by atoms with Crippen molar-refractivity contribution in [3.05, 3.63) is 27.5 Å². The summed E-state index contributed by atoms with van der Waals surface area (Å²) in [5, 5.41) is 1.22. The van der Waals surface area contributed by atoms with Gasteiger partial charge in [-0.25, -0.2) is 0 Å². The van der Waals surface area contributed by atoms with Gasteiger partial charge in [0.25, 0.3) is 0 Å². The Morgan fingerprint density at radius 1 is 1.57 bits per heavy atom. The van der Waals surface area contributed by atoms with Gasteiger partial charge in [0, 0.05) is 20.7 Å². The summed E-state index contributed by atoms with van der Waals surface area (Å²) in [5.74, 6) is 0.388. The molecule has 14 heavy (non-hydrogen) atoms. The molecule has 0 aliphatic rings. The Kier molecular flexibility index (Phi) is 2.85. The molecule has 0 aliphatic heterocycles. The van der Waals surface area contributed by atoms with Gasteiger partial charge in [0.05, 0.1) is 5.52 Å². The first kappa shape index (κ1) is 10.1. The van der Waals surface area contributed by atoms with Gasteiger partial charge in [0.2, 0.25) is 0 Å². The number of nitrogens with zero attached hydrogens (tertiary/aromatic N) is 1. The second-order valence-corrected chi connectivity index (χ2v) is 5.07.